The molecule has 5 heteroatoms. The summed E-state index contributed by atoms with van der Waals surface area (Å²) < 4.78 is 13.4. The van der Waals surface area contributed by atoms with Crippen LogP contribution < -0.4 is 0 Å². The van der Waals surface area contributed by atoms with Crippen molar-refractivity contribution in [2.75, 3.05) is 6.54 Å². The van der Waals surface area contributed by atoms with Crippen LogP contribution in [0.1, 0.15) is 11.1 Å². The summed E-state index contributed by atoms with van der Waals surface area (Å²) >= 11 is 0. The van der Waals surface area contributed by atoms with Crippen molar-refractivity contribution >= 4 is 6.08 Å². The lowest BCUT2D eigenvalue weighted by atomic mass is 10.1. The zero-order chi connectivity index (χ0) is 11.1. The van der Waals surface area contributed by atoms with Crippen molar-refractivity contribution in [3.05, 3.63) is 51.7 Å². The van der Waals surface area contributed by atoms with Crippen LogP contribution in [-0.2, 0) is 0 Å². The molecule has 4 nitrogen and oxygen atoms in total. The van der Waals surface area contributed by atoms with Gasteiger partial charge in [0.2, 0.25) is 0 Å². The second-order valence-corrected chi connectivity index (χ2v) is 2.64. The number of benzene rings is 1. The Labute approximate surface area is 85.9 Å². The molecule has 0 unspecified atom stereocenters. The van der Waals surface area contributed by atoms with E-state index < -0.39 is 5.82 Å². The SMILES string of the molecule is N#Cc1cccc(C=CCN=[N+]=[N-])c1F. The molecule has 0 saturated heterocycles. The van der Waals surface area contributed by atoms with Crippen molar-refractivity contribution in [3.8, 4) is 6.07 Å². The van der Waals surface area contributed by atoms with Gasteiger partial charge in [0.05, 0.1) is 5.56 Å². The van der Waals surface area contributed by atoms with Gasteiger partial charge in [0, 0.05) is 17.0 Å². The molecule has 0 aliphatic heterocycles. The van der Waals surface area contributed by atoms with E-state index in [-0.39, 0.29) is 12.1 Å². The molecule has 0 spiro atoms. The highest BCUT2D eigenvalue weighted by Crippen LogP contribution is 2.13. The average molecular weight is 202 g/mol. The first-order valence-electron chi connectivity index (χ1n) is 4.15. The number of hydrogen-bond acceptors (Lipinski definition) is 2. The Morgan fingerprint density at radius 1 is 1.60 bits per heavy atom. The molecule has 0 radical (unpaired) electrons. The summed E-state index contributed by atoms with van der Waals surface area (Å²) in [5, 5.41) is 11.8. The quantitative estimate of drug-likeness (QED) is 0.421. The molecule has 15 heavy (non-hydrogen) atoms. The van der Waals surface area contributed by atoms with E-state index in [1.165, 1.54) is 18.2 Å². The standard InChI is InChI=1S/C10H7FN4/c11-10-8(5-2-6-14-15-13)3-1-4-9(10)7-12/h1-5H,6H2. The first-order valence-corrected chi connectivity index (χ1v) is 4.15. The molecule has 74 valence electrons. The van der Waals surface area contributed by atoms with Crippen LogP contribution in [0.25, 0.3) is 16.5 Å². The molecule has 0 atom stereocenters. The topological polar surface area (TPSA) is 72.5 Å². The predicted octanol–water partition coefficient (Wildman–Crippen LogP) is 3.02. The second-order valence-electron chi connectivity index (χ2n) is 2.64. The van der Waals surface area contributed by atoms with Crippen LogP contribution in [0.3, 0.4) is 0 Å². The predicted molar refractivity (Wildman–Crippen MR) is 54.2 cm³/mol. The minimum Gasteiger partial charge on any atom is -0.205 e. The fraction of sp³-hybridized carbons (Fsp3) is 0.100. The number of rotatable bonds is 3. The first kappa shape index (κ1) is 10.8. The highest BCUT2D eigenvalue weighted by Gasteiger charge is 2.03. The highest BCUT2D eigenvalue weighted by molar-refractivity contribution is 5.53. The molecule has 0 aliphatic carbocycles. The zero-order valence-electron chi connectivity index (χ0n) is 7.76. The molecule has 0 amide bonds. The third-order valence-corrected chi connectivity index (χ3v) is 1.70. The number of nitrogens with zero attached hydrogens (tertiary/aromatic N) is 4. The third-order valence-electron chi connectivity index (χ3n) is 1.70. The van der Waals surface area contributed by atoms with Gasteiger partial charge in [-0.3, -0.25) is 0 Å². The first-order chi connectivity index (χ1) is 7.29. The van der Waals surface area contributed by atoms with Crippen LogP contribution in [0.15, 0.2) is 29.4 Å². The lowest BCUT2D eigenvalue weighted by molar-refractivity contribution is 0.621. The van der Waals surface area contributed by atoms with Gasteiger partial charge in [-0.25, -0.2) is 4.39 Å². The van der Waals surface area contributed by atoms with Gasteiger partial charge in [-0.1, -0.05) is 29.4 Å². The van der Waals surface area contributed by atoms with Gasteiger partial charge >= 0.3 is 0 Å². The molecular formula is C10H7FN4. The number of nitriles is 1. The fourth-order valence-electron chi connectivity index (χ4n) is 1.03. The molecule has 1 rings (SSSR count). The van der Waals surface area contributed by atoms with Crippen molar-refractivity contribution < 1.29 is 4.39 Å². The fourth-order valence-corrected chi connectivity index (χ4v) is 1.03. The van der Waals surface area contributed by atoms with Crippen molar-refractivity contribution in [1.29, 1.82) is 5.26 Å². The smallest absolute Gasteiger partial charge is 0.148 e. The molecule has 0 aromatic heterocycles. The Morgan fingerprint density at radius 3 is 3.07 bits per heavy atom. The van der Waals surface area contributed by atoms with Crippen LogP contribution in [-0.4, -0.2) is 6.54 Å². The van der Waals surface area contributed by atoms with Crippen molar-refractivity contribution in [3.63, 3.8) is 0 Å². The zero-order valence-corrected chi connectivity index (χ0v) is 7.76. The summed E-state index contributed by atoms with van der Waals surface area (Å²) in [5.41, 5.74) is 8.32. The summed E-state index contributed by atoms with van der Waals surface area (Å²) in [7, 11) is 0. The number of halogens is 1. The van der Waals surface area contributed by atoms with E-state index in [1.807, 2.05) is 0 Å². The van der Waals surface area contributed by atoms with Gasteiger partial charge in [-0.2, -0.15) is 5.26 Å². The van der Waals surface area contributed by atoms with E-state index in [1.54, 1.807) is 18.2 Å². The molecule has 1 aromatic rings. The molecule has 0 fully saturated rings. The maximum absolute atomic E-state index is 13.4. The highest BCUT2D eigenvalue weighted by atomic mass is 19.1. The lowest BCUT2D eigenvalue weighted by Crippen LogP contribution is -1.87. The van der Waals surface area contributed by atoms with Crippen LogP contribution in [0.4, 0.5) is 4.39 Å². The Hall–Kier alpha value is -2.31. The van der Waals surface area contributed by atoms with E-state index in [2.05, 4.69) is 10.0 Å². The van der Waals surface area contributed by atoms with Crippen LogP contribution in [0.5, 0.6) is 0 Å². The average Bonchev–Trinajstić information content (AvgIpc) is 2.26. The van der Waals surface area contributed by atoms with E-state index in [4.69, 9.17) is 10.8 Å². The lowest BCUT2D eigenvalue weighted by Gasteiger charge is -1.97. The van der Waals surface area contributed by atoms with E-state index >= 15 is 0 Å². The molecule has 1 aromatic carbocycles. The summed E-state index contributed by atoms with van der Waals surface area (Å²) in [5.74, 6) is -0.558. The number of hydrogen-bond donors (Lipinski definition) is 0. The van der Waals surface area contributed by atoms with Gasteiger partial charge in [0.25, 0.3) is 0 Å². The molecule has 0 aliphatic rings. The van der Waals surface area contributed by atoms with Gasteiger partial charge in [0.15, 0.2) is 0 Å². The number of azide groups is 1. The Kier molecular flexibility index (Phi) is 3.90. The van der Waals surface area contributed by atoms with Crippen molar-refractivity contribution in [2.45, 2.75) is 0 Å². The van der Waals surface area contributed by atoms with E-state index in [0.29, 0.717) is 5.56 Å². The largest absolute Gasteiger partial charge is 0.205 e. The van der Waals surface area contributed by atoms with Gasteiger partial charge in [0.1, 0.15) is 11.9 Å². The maximum atomic E-state index is 13.4. The van der Waals surface area contributed by atoms with Gasteiger partial charge in [-0.15, -0.1) is 0 Å². The van der Waals surface area contributed by atoms with Crippen LogP contribution >= 0.6 is 0 Å². The van der Waals surface area contributed by atoms with Crippen LogP contribution in [0.2, 0.25) is 0 Å². The Balaban J connectivity index is 2.91. The second kappa shape index (κ2) is 5.43. The monoisotopic (exact) mass is 202 g/mol. The summed E-state index contributed by atoms with van der Waals surface area (Å²) in [6.07, 6.45) is 3.00. The molecule has 0 N–H and O–H groups in total. The normalized spacial score (nSPS) is 9.60. The molecule has 0 saturated carbocycles. The summed E-state index contributed by atoms with van der Waals surface area (Å²) in [4.78, 5) is 2.55. The van der Waals surface area contributed by atoms with Gasteiger partial charge < -0.3 is 0 Å². The maximum Gasteiger partial charge on any atom is 0.148 e. The minimum atomic E-state index is -0.558. The third kappa shape index (κ3) is 2.83. The van der Waals surface area contributed by atoms with Crippen molar-refractivity contribution in [1.82, 2.24) is 0 Å². The Morgan fingerprint density at radius 2 is 2.40 bits per heavy atom. The van der Waals surface area contributed by atoms with Gasteiger partial charge in [-0.05, 0) is 11.6 Å². The van der Waals surface area contributed by atoms with E-state index in [0.717, 1.165) is 0 Å². The molecule has 0 bridgehead atoms. The summed E-state index contributed by atoms with van der Waals surface area (Å²) in [6.45, 7) is 0.159. The van der Waals surface area contributed by atoms with Crippen LogP contribution in [0, 0.1) is 17.1 Å². The minimum absolute atomic E-state index is 0.000865. The Bertz CT molecular complexity index is 467. The van der Waals surface area contributed by atoms with E-state index in [9.17, 15) is 4.39 Å². The molecule has 0 heterocycles. The summed E-state index contributed by atoms with van der Waals surface area (Å²) in [6, 6.07) is 6.29. The molecular weight excluding hydrogens is 195 g/mol. The van der Waals surface area contributed by atoms with Crippen molar-refractivity contribution in [2.24, 2.45) is 5.11 Å².